The molecule has 1 aliphatic rings. The quantitative estimate of drug-likeness (QED) is 0.356. The van der Waals surface area contributed by atoms with E-state index >= 15 is 0 Å². The molecule has 0 bridgehead atoms. The number of carbonyl (C=O) groups excluding carboxylic acids is 3. The zero-order valence-corrected chi connectivity index (χ0v) is 19.6. The van der Waals surface area contributed by atoms with E-state index in [9.17, 15) is 18.8 Å². The van der Waals surface area contributed by atoms with Gasteiger partial charge in [0, 0.05) is 30.4 Å². The first-order valence-electron chi connectivity index (χ1n) is 11.4. The molecular weight excluding hydrogens is 465 g/mol. The molecular formula is C26H26FN5O4. The zero-order valence-electron chi connectivity index (χ0n) is 19.6. The zero-order chi connectivity index (χ0) is 25.7. The highest BCUT2D eigenvalue weighted by Gasteiger charge is 2.29. The number of halogens is 1. The fourth-order valence-corrected chi connectivity index (χ4v) is 3.88. The standard InChI is InChI=1S/C26H26FN5O4/c1-15(30-23-8-10-36-26(23)35)24(33)31-19-4-2-3-16(11-19)20-12-17(5-6-18(20)13-28)25(34)32-22-7-9-29-14-21(22)27/h2-7,9,11-12,14-15,23,30H,8,10,13,28H2,1H3,(H,31,33)(H,29,32,34). The van der Waals surface area contributed by atoms with Gasteiger partial charge in [0.25, 0.3) is 5.91 Å². The monoisotopic (exact) mass is 491 g/mol. The molecule has 0 aliphatic carbocycles. The summed E-state index contributed by atoms with van der Waals surface area (Å²) in [7, 11) is 0. The minimum atomic E-state index is -0.637. The van der Waals surface area contributed by atoms with Crippen LogP contribution < -0.4 is 21.7 Å². The van der Waals surface area contributed by atoms with Crippen molar-refractivity contribution in [2.75, 3.05) is 17.2 Å². The number of esters is 1. The second kappa shape index (κ2) is 11.1. The number of rotatable bonds is 8. The number of ether oxygens (including phenoxy) is 1. The fraction of sp³-hybridized carbons (Fsp3) is 0.231. The molecule has 2 unspecified atom stereocenters. The molecule has 36 heavy (non-hydrogen) atoms. The van der Waals surface area contributed by atoms with E-state index in [0.29, 0.717) is 29.8 Å². The van der Waals surface area contributed by atoms with Gasteiger partial charge >= 0.3 is 5.97 Å². The Morgan fingerprint density at radius 3 is 2.75 bits per heavy atom. The normalized spacial score (nSPS) is 15.8. The van der Waals surface area contributed by atoms with Crippen LogP contribution in [0.25, 0.3) is 11.1 Å². The van der Waals surface area contributed by atoms with Gasteiger partial charge < -0.3 is 21.1 Å². The topological polar surface area (TPSA) is 135 Å². The Morgan fingerprint density at radius 1 is 1.19 bits per heavy atom. The maximum Gasteiger partial charge on any atom is 0.323 e. The first kappa shape index (κ1) is 25.0. The van der Waals surface area contributed by atoms with Gasteiger partial charge in [-0.1, -0.05) is 18.2 Å². The highest BCUT2D eigenvalue weighted by atomic mass is 19.1. The number of benzene rings is 2. The molecule has 0 radical (unpaired) electrons. The van der Waals surface area contributed by atoms with Crippen molar-refractivity contribution >= 4 is 29.2 Å². The molecule has 0 spiro atoms. The number of aromatic nitrogens is 1. The Kier molecular flexibility index (Phi) is 7.67. The summed E-state index contributed by atoms with van der Waals surface area (Å²) in [5, 5.41) is 8.36. The van der Waals surface area contributed by atoms with Crippen LogP contribution in [0.1, 0.15) is 29.3 Å². The highest BCUT2D eigenvalue weighted by Crippen LogP contribution is 2.28. The summed E-state index contributed by atoms with van der Waals surface area (Å²) >= 11 is 0. The summed E-state index contributed by atoms with van der Waals surface area (Å²) < 4.78 is 18.8. The third kappa shape index (κ3) is 5.73. The molecule has 2 heterocycles. The lowest BCUT2D eigenvalue weighted by atomic mass is 9.96. The van der Waals surface area contributed by atoms with E-state index in [-0.39, 0.29) is 24.1 Å². The van der Waals surface area contributed by atoms with Crippen molar-refractivity contribution in [1.82, 2.24) is 10.3 Å². The molecule has 2 amide bonds. The van der Waals surface area contributed by atoms with E-state index in [4.69, 9.17) is 10.5 Å². The van der Waals surface area contributed by atoms with E-state index in [2.05, 4.69) is 20.9 Å². The van der Waals surface area contributed by atoms with Crippen molar-refractivity contribution in [3.8, 4) is 11.1 Å². The van der Waals surface area contributed by atoms with Crippen molar-refractivity contribution < 1.29 is 23.5 Å². The van der Waals surface area contributed by atoms with Crippen LogP contribution in [0.3, 0.4) is 0 Å². The molecule has 2 aromatic carbocycles. The van der Waals surface area contributed by atoms with Crippen molar-refractivity contribution in [1.29, 1.82) is 0 Å². The second-order valence-corrected chi connectivity index (χ2v) is 8.35. The molecule has 1 fully saturated rings. The van der Waals surface area contributed by atoms with Crippen LogP contribution >= 0.6 is 0 Å². The second-order valence-electron chi connectivity index (χ2n) is 8.35. The molecule has 2 atom stereocenters. The van der Waals surface area contributed by atoms with Crippen LogP contribution in [-0.2, 0) is 20.9 Å². The predicted octanol–water partition coefficient (Wildman–Crippen LogP) is 2.83. The lowest BCUT2D eigenvalue weighted by Crippen LogP contribution is -2.45. The number of carbonyl (C=O) groups is 3. The van der Waals surface area contributed by atoms with Gasteiger partial charge in [-0.05, 0) is 53.9 Å². The van der Waals surface area contributed by atoms with E-state index in [1.54, 1.807) is 43.3 Å². The Labute approximate surface area is 207 Å². The van der Waals surface area contributed by atoms with Crippen molar-refractivity contribution in [3.63, 3.8) is 0 Å². The van der Waals surface area contributed by atoms with Gasteiger partial charge in [0.1, 0.15) is 6.04 Å². The largest absolute Gasteiger partial charge is 0.464 e. The van der Waals surface area contributed by atoms with Crippen molar-refractivity contribution in [2.45, 2.75) is 32.0 Å². The average molecular weight is 492 g/mol. The molecule has 1 aromatic heterocycles. The molecule has 1 saturated heterocycles. The Morgan fingerprint density at radius 2 is 2.03 bits per heavy atom. The maximum atomic E-state index is 13.9. The maximum absolute atomic E-state index is 13.9. The summed E-state index contributed by atoms with van der Waals surface area (Å²) in [5.74, 6) is -1.79. The average Bonchev–Trinajstić information content (AvgIpc) is 3.29. The molecule has 186 valence electrons. The summed E-state index contributed by atoms with van der Waals surface area (Å²) in [6, 6.07) is 12.4. The number of nitrogens with one attached hydrogen (secondary N) is 3. The summed E-state index contributed by atoms with van der Waals surface area (Å²) in [5.41, 5.74) is 9.04. The van der Waals surface area contributed by atoms with Crippen LogP contribution in [0.4, 0.5) is 15.8 Å². The number of anilines is 2. The van der Waals surface area contributed by atoms with Crippen LogP contribution in [0, 0.1) is 5.82 Å². The number of amides is 2. The van der Waals surface area contributed by atoms with Gasteiger partial charge in [0.05, 0.1) is 24.5 Å². The SMILES string of the molecule is CC(NC1CCOC1=O)C(=O)Nc1cccc(-c2cc(C(=O)Nc3ccncc3F)ccc2CN)c1. The summed E-state index contributed by atoms with van der Waals surface area (Å²) in [6.07, 6.45) is 2.93. The Hall–Kier alpha value is -4.15. The highest BCUT2D eigenvalue weighted by molar-refractivity contribution is 6.05. The van der Waals surface area contributed by atoms with Crippen LogP contribution in [0.5, 0.6) is 0 Å². The lowest BCUT2D eigenvalue weighted by molar-refractivity contribution is -0.139. The Bertz CT molecular complexity index is 1300. The molecule has 5 N–H and O–H groups in total. The van der Waals surface area contributed by atoms with E-state index in [1.807, 2.05) is 6.07 Å². The van der Waals surface area contributed by atoms with Crippen molar-refractivity contribution in [2.24, 2.45) is 5.73 Å². The van der Waals surface area contributed by atoms with E-state index in [0.717, 1.165) is 17.3 Å². The summed E-state index contributed by atoms with van der Waals surface area (Å²) in [4.78, 5) is 40.8. The smallest absolute Gasteiger partial charge is 0.323 e. The molecule has 4 rings (SSSR count). The lowest BCUT2D eigenvalue weighted by Gasteiger charge is -2.17. The number of hydrogen-bond donors (Lipinski definition) is 4. The van der Waals surface area contributed by atoms with Gasteiger partial charge in [-0.25, -0.2) is 4.39 Å². The third-order valence-corrected chi connectivity index (χ3v) is 5.83. The molecule has 9 nitrogen and oxygen atoms in total. The molecule has 1 aliphatic heterocycles. The minimum Gasteiger partial charge on any atom is -0.464 e. The van der Waals surface area contributed by atoms with Crippen LogP contribution in [-0.4, -0.2) is 41.5 Å². The van der Waals surface area contributed by atoms with Crippen LogP contribution in [0.15, 0.2) is 60.9 Å². The van der Waals surface area contributed by atoms with E-state index in [1.165, 1.54) is 12.3 Å². The minimum absolute atomic E-state index is 0.0257. The van der Waals surface area contributed by atoms with Crippen LogP contribution in [0.2, 0.25) is 0 Å². The summed E-state index contributed by atoms with van der Waals surface area (Å²) in [6.45, 7) is 2.24. The third-order valence-electron chi connectivity index (χ3n) is 5.83. The predicted molar refractivity (Wildman–Crippen MR) is 133 cm³/mol. The van der Waals surface area contributed by atoms with Gasteiger partial charge in [-0.15, -0.1) is 0 Å². The number of cyclic esters (lactones) is 1. The van der Waals surface area contributed by atoms with Gasteiger partial charge in [-0.2, -0.15) is 0 Å². The Balaban J connectivity index is 1.52. The first-order chi connectivity index (χ1) is 17.4. The van der Waals surface area contributed by atoms with Gasteiger partial charge in [-0.3, -0.25) is 24.7 Å². The molecule has 10 heteroatoms. The van der Waals surface area contributed by atoms with E-state index < -0.39 is 23.8 Å². The van der Waals surface area contributed by atoms with Crippen molar-refractivity contribution in [3.05, 3.63) is 77.9 Å². The number of nitrogens with zero attached hydrogens (tertiary/aromatic N) is 1. The number of pyridine rings is 1. The van der Waals surface area contributed by atoms with Gasteiger partial charge in [0.15, 0.2) is 5.82 Å². The molecule has 0 saturated carbocycles. The number of nitrogens with two attached hydrogens (primary N) is 1. The number of hydrogen-bond acceptors (Lipinski definition) is 7. The molecule has 3 aromatic rings. The fourth-order valence-electron chi connectivity index (χ4n) is 3.88. The first-order valence-corrected chi connectivity index (χ1v) is 11.4. The van der Waals surface area contributed by atoms with Gasteiger partial charge in [0.2, 0.25) is 5.91 Å².